The van der Waals surface area contributed by atoms with Crippen molar-refractivity contribution in [3.8, 4) is 50.2 Å². The van der Waals surface area contributed by atoms with Gasteiger partial charge in [0.1, 0.15) is 0 Å². The van der Waals surface area contributed by atoms with Crippen LogP contribution >= 0.6 is 0 Å². The molecule has 0 amide bonds. The summed E-state index contributed by atoms with van der Waals surface area (Å²) in [7, 11) is 0. The summed E-state index contributed by atoms with van der Waals surface area (Å²) in [6.45, 7) is 0. The van der Waals surface area contributed by atoms with Crippen molar-refractivity contribution in [2.75, 3.05) is 4.90 Å². The van der Waals surface area contributed by atoms with Crippen LogP contribution in [-0.2, 0) is 0 Å². The van der Waals surface area contributed by atoms with Crippen molar-refractivity contribution in [2.24, 2.45) is 0 Å². The highest BCUT2D eigenvalue weighted by Gasteiger charge is 2.18. The Bertz CT molecular complexity index is 3250. The van der Waals surface area contributed by atoms with Crippen LogP contribution in [0.1, 0.15) is 11.1 Å². The number of hydrogen-bond acceptors (Lipinski definition) is 1. The minimum absolute atomic E-state index is 1.09. The molecule has 0 spiro atoms. The highest BCUT2D eigenvalue weighted by molar-refractivity contribution is 6.12. The Hall–Kier alpha value is -8.46. The number of nitrogens with zero attached hydrogens (tertiary/aromatic N) is 2. The molecule has 10 aromatic carbocycles. The quantitative estimate of drug-likeness (QED) is 0.125. The van der Waals surface area contributed by atoms with E-state index < -0.39 is 0 Å². The van der Waals surface area contributed by atoms with Crippen LogP contribution in [0.15, 0.2) is 255 Å². The summed E-state index contributed by atoms with van der Waals surface area (Å²) in [6.07, 6.45) is 4.33. The minimum Gasteiger partial charge on any atom is -0.311 e. The van der Waals surface area contributed by atoms with E-state index in [2.05, 4.69) is 270 Å². The van der Waals surface area contributed by atoms with Gasteiger partial charge in [0.25, 0.3) is 0 Å². The first kappa shape index (κ1) is 38.5. The Balaban J connectivity index is 1.03. The average Bonchev–Trinajstić information content (AvgIpc) is 3.70. The molecule has 1 aromatic heterocycles. The molecule has 0 bridgehead atoms. The fraction of sp³-hybridized carbons (Fsp3) is 0. The molecule has 0 aliphatic carbocycles. The van der Waals surface area contributed by atoms with Crippen LogP contribution in [0.5, 0.6) is 0 Å². The van der Waals surface area contributed by atoms with Crippen molar-refractivity contribution in [1.82, 2.24) is 4.57 Å². The minimum atomic E-state index is 1.09. The van der Waals surface area contributed by atoms with Gasteiger partial charge in [0, 0.05) is 33.5 Å². The SMILES string of the molecule is C(=C\c1ccc(N(c2ccccc2)c2ccc(-n3c4ccc(-c5ccccc5-c5ccccc5)cc4c4cc(-c5ccccc5-c5ccccc5)ccc43)cc2)cc1)/c1ccccc1. The number of aromatic nitrogens is 1. The molecule has 11 aromatic rings. The van der Waals surface area contributed by atoms with Gasteiger partial charge in [0.2, 0.25) is 0 Å². The topological polar surface area (TPSA) is 8.17 Å². The third-order valence-corrected chi connectivity index (χ3v) is 12.2. The van der Waals surface area contributed by atoms with Gasteiger partial charge in [-0.05, 0) is 128 Å². The van der Waals surface area contributed by atoms with E-state index in [1.165, 1.54) is 60.8 Å². The van der Waals surface area contributed by atoms with Crippen LogP contribution in [0.3, 0.4) is 0 Å². The van der Waals surface area contributed by atoms with Crippen LogP contribution in [0.4, 0.5) is 17.1 Å². The Morgan fingerprint density at radius 3 is 1.11 bits per heavy atom. The third-order valence-electron chi connectivity index (χ3n) is 12.2. The van der Waals surface area contributed by atoms with E-state index in [1.54, 1.807) is 0 Å². The number of hydrogen-bond donors (Lipinski definition) is 0. The first-order valence-electron chi connectivity index (χ1n) is 21.9. The van der Waals surface area contributed by atoms with E-state index in [4.69, 9.17) is 0 Å². The highest BCUT2D eigenvalue weighted by Crippen LogP contribution is 2.42. The monoisotopic (exact) mass is 816 g/mol. The van der Waals surface area contributed by atoms with Gasteiger partial charge in [0.05, 0.1) is 11.0 Å². The van der Waals surface area contributed by atoms with Gasteiger partial charge in [-0.1, -0.05) is 194 Å². The van der Waals surface area contributed by atoms with Crippen molar-refractivity contribution in [2.45, 2.75) is 0 Å². The smallest absolute Gasteiger partial charge is 0.0541 e. The van der Waals surface area contributed by atoms with Gasteiger partial charge in [-0.25, -0.2) is 0 Å². The number of benzene rings is 10. The van der Waals surface area contributed by atoms with Crippen LogP contribution in [0.2, 0.25) is 0 Å². The lowest BCUT2D eigenvalue weighted by Gasteiger charge is -2.26. The zero-order chi connectivity index (χ0) is 42.7. The zero-order valence-electron chi connectivity index (χ0n) is 35.3. The largest absolute Gasteiger partial charge is 0.311 e. The fourth-order valence-electron chi connectivity index (χ4n) is 9.11. The maximum Gasteiger partial charge on any atom is 0.0541 e. The summed E-state index contributed by atoms with van der Waals surface area (Å²) in [5, 5.41) is 2.43. The molecule has 2 heteroatoms. The molecule has 64 heavy (non-hydrogen) atoms. The van der Waals surface area contributed by atoms with E-state index in [1.807, 2.05) is 6.07 Å². The molecule has 1 heterocycles. The number of anilines is 3. The standard InChI is InChI=1S/C62H44N2/c1-5-17-45(18-6-1)29-30-46-31-35-52(36-32-46)63(51-23-11-4-12-24-51)53-37-39-54(40-38-53)64-61-41-33-49(57-27-15-13-25-55(57)47-19-7-2-8-20-47)43-59(61)60-44-50(34-42-62(60)64)58-28-16-14-26-56(58)48-21-9-3-10-22-48/h1-44H/b30-29+. The van der Waals surface area contributed by atoms with Crippen LogP contribution in [-0.4, -0.2) is 4.57 Å². The molecule has 2 nitrogen and oxygen atoms in total. The predicted molar refractivity (Wildman–Crippen MR) is 273 cm³/mol. The molecule has 0 atom stereocenters. The molecule has 0 aliphatic heterocycles. The van der Waals surface area contributed by atoms with E-state index in [0.29, 0.717) is 0 Å². The van der Waals surface area contributed by atoms with Crippen molar-refractivity contribution in [1.29, 1.82) is 0 Å². The molecular weight excluding hydrogens is 773 g/mol. The van der Waals surface area contributed by atoms with Crippen LogP contribution < -0.4 is 4.90 Å². The number of para-hydroxylation sites is 1. The summed E-state index contributed by atoms with van der Waals surface area (Å²) in [4.78, 5) is 2.33. The third kappa shape index (κ3) is 7.48. The van der Waals surface area contributed by atoms with Gasteiger partial charge in [-0.15, -0.1) is 0 Å². The maximum absolute atomic E-state index is 2.43. The lowest BCUT2D eigenvalue weighted by Crippen LogP contribution is -2.10. The van der Waals surface area contributed by atoms with Gasteiger partial charge < -0.3 is 9.47 Å². The van der Waals surface area contributed by atoms with Crippen molar-refractivity contribution >= 4 is 51.0 Å². The van der Waals surface area contributed by atoms with Crippen molar-refractivity contribution < 1.29 is 0 Å². The summed E-state index contributed by atoms with van der Waals surface area (Å²) in [6, 6.07) is 91.8. The highest BCUT2D eigenvalue weighted by atomic mass is 15.1. The first-order chi connectivity index (χ1) is 31.7. The maximum atomic E-state index is 2.43. The second kappa shape index (κ2) is 17.1. The lowest BCUT2D eigenvalue weighted by atomic mass is 9.92. The molecule has 0 radical (unpaired) electrons. The molecule has 302 valence electrons. The van der Waals surface area contributed by atoms with E-state index >= 15 is 0 Å². The lowest BCUT2D eigenvalue weighted by molar-refractivity contribution is 1.17. The van der Waals surface area contributed by atoms with Crippen molar-refractivity contribution in [3.05, 3.63) is 266 Å². The molecule has 0 N–H and O–H groups in total. The van der Waals surface area contributed by atoms with E-state index in [9.17, 15) is 0 Å². The average molecular weight is 817 g/mol. The van der Waals surface area contributed by atoms with Gasteiger partial charge >= 0.3 is 0 Å². The molecule has 0 unspecified atom stereocenters. The molecular formula is C62H44N2. The van der Waals surface area contributed by atoms with Crippen LogP contribution in [0, 0.1) is 0 Å². The van der Waals surface area contributed by atoms with Crippen molar-refractivity contribution in [3.63, 3.8) is 0 Å². The summed E-state index contributed by atoms with van der Waals surface area (Å²) < 4.78 is 2.43. The predicted octanol–water partition coefficient (Wildman–Crippen LogP) is 17.1. The Labute approximate surface area is 374 Å². The summed E-state index contributed by atoms with van der Waals surface area (Å²) in [5.74, 6) is 0. The van der Waals surface area contributed by atoms with Gasteiger partial charge in [-0.3, -0.25) is 0 Å². The molecule has 0 saturated heterocycles. The molecule has 0 fully saturated rings. The molecule has 0 aliphatic rings. The molecule has 0 saturated carbocycles. The Kier molecular flexibility index (Phi) is 10.3. The van der Waals surface area contributed by atoms with Crippen LogP contribution in [0.25, 0.3) is 84.2 Å². The Morgan fingerprint density at radius 1 is 0.281 bits per heavy atom. The summed E-state index contributed by atoms with van der Waals surface area (Å²) >= 11 is 0. The summed E-state index contributed by atoms with van der Waals surface area (Å²) in [5.41, 5.74) is 18.7. The van der Waals surface area contributed by atoms with E-state index in [-0.39, 0.29) is 0 Å². The van der Waals surface area contributed by atoms with Gasteiger partial charge in [0.15, 0.2) is 0 Å². The number of rotatable bonds is 10. The zero-order valence-corrected chi connectivity index (χ0v) is 35.3. The molecule has 11 rings (SSSR count). The fourth-order valence-corrected chi connectivity index (χ4v) is 9.11. The number of fused-ring (bicyclic) bond motifs is 3. The Morgan fingerprint density at radius 2 is 0.641 bits per heavy atom. The normalized spacial score (nSPS) is 11.4. The van der Waals surface area contributed by atoms with Gasteiger partial charge in [-0.2, -0.15) is 0 Å². The second-order valence-electron chi connectivity index (χ2n) is 16.1. The first-order valence-corrected chi connectivity index (χ1v) is 21.9. The van der Waals surface area contributed by atoms with E-state index in [0.717, 1.165) is 39.3 Å². The second-order valence-corrected chi connectivity index (χ2v) is 16.1.